The Morgan fingerprint density at radius 1 is 1.13 bits per heavy atom. The van der Waals surface area contributed by atoms with Crippen LogP contribution in [-0.4, -0.2) is 44.6 Å². The van der Waals surface area contributed by atoms with Crippen molar-refractivity contribution in [2.45, 2.75) is 70.3 Å². The number of amides is 2. The first-order chi connectivity index (χ1) is 13.7. The highest BCUT2D eigenvalue weighted by Gasteiger charge is 2.36. The van der Waals surface area contributed by atoms with Gasteiger partial charge in [-0.3, -0.25) is 14.9 Å². The summed E-state index contributed by atoms with van der Waals surface area (Å²) in [6.07, 6.45) is -4.01. The van der Waals surface area contributed by atoms with Crippen LogP contribution in [-0.2, 0) is 6.18 Å². The zero-order valence-corrected chi connectivity index (χ0v) is 16.8. The number of hydrogen-bond donors (Lipinski definition) is 2. The molecule has 0 saturated heterocycles. The van der Waals surface area contributed by atoms with Gasteiger partial charge >= 0.3 is 12.3 Å². The second-order valence-corrected chi connectivity index (χ2v) is 8.33. The second kappa shape index (κ2) is 8.49. The van der Waals surface area contributed by atoms with Gasteiger partial charge in [-0.05, 0) is 52.5 Å². The fourth-order valence-corrected chi connectivity index (χ4v) is 3.75. The van der Waals surface area contributed by atoms with Crippen molar-refractivity contribution in [1.29, 1.82) is 0 Å². The van der Waals surface area contributed by atoms with Gasteiger partial charge in [0.25, 0.3) is 11.6 Å². The van der Waals surface area contributed by atoms with Gasteiger partial charge < -0.3 is 15.3 Å². The Morgan fingerprint density at radius 2 is 1.70 bits per heavy atom. The van der Waals surface area contributed by atoms with Crippen molar-refractivity contribution in [3.05, 3.63) is 39.4 Å². The fourth-order valence-electron chi connectivity index (χ4n) is 3.75. The number of nitro groups is 1. The molecule has 1 aliphatic carbocycles. The lowest BCUT2D eigenvalue weighted by Crippen LogP contribution is -2.53. The standard InChI is InChI=1S/C19H24F3N3O5/c1-18(2,3)24(17(27)28)14-6-4-13(5-7-14)23-16(26)11-8-12(19(20,21)22)10-15(9-11)25(29)30/h8-10,13-14H,4-7H2,1-3H3,(H,23,26)(H,27,28)/t13-,14+. The minimum absolute atomic E-state index is 0.231. The summed E-state index contributed by atoms with van der Waals surface area (Å²) in [6.45, 7) is 5.36. The number of benzene rings is 1. The summed E-state index contributed by atoms with van der Waals surface area (Å²) in [6, 6.07) is 1.18. The Labute approximate surface area is 171 Å². The number of non-ortho nitro benzene ring substituents is 1. The number of alkyl halides is 3. The number of carbonyl (C=O) groups excluding carboxylic acids is 1. The SMILES string of the molecule is CC(C)(C)N(C(=O)O)[C@H]1CC[C@@H](NC(=O)c2cc([N+](=O)[O-])cc(C(F)(F)F)c2)CC1. The quantitative estimate of drug-likeness (QED) is 0.541. The summed E-state index contributed by atoms with van der Waals surface area (Å²) in [7, 11) is 0. The van der Waals surface area contributed by atoms with Crippen LogP contribution in [0.25, 0.3) is 0 Å². The van der Waals surface area contributed by atoms with Crippen molar-refractivity contribution >= 4 is 17.7 Å². The van der Waals surface area contributed by atoms with Crippen molar-refractivity contribution < 1.29 is 32.8 Å². The molecule has 0 aliphatic heterocycles. The average Bonchev–Trinajstić information content (AvgIpc) is 2.60. The minimum Gasteiger partial charge on any atom is -0.465 e. The van der Waals surface area contributed by atoms with Gasteiger partial charge in [0.15, 0.2) is 0 Å². The molecule has 0 heterocycles. The van der Waals surface area contributed by atoms with E-state index in [9.17, 15) is 38.0 Å². The van der Waals surface area contributed by atoms with E-state index in [1.54, 1.807) is 20.8 Å². The highest BCUT2D eigenvalue weighted by molar-refractivity contribution is 5.95. The third-order valence-corrected chi connectivity index (χ3v) is 5.04. The Bertz CT molecular complexity index is 828. The van der Waals surface area contributed by atoms with E-state index in [4.69, 9.17) is 0 Å². The zero-order valence-electron chi connectivity index (χ0n) is 16.8. The maximum absolute atomic E-state index is 13.0. The smallest absolute Gasteiger partial charge is 0.416 e. The van der Waals surface area contributed by atoms with Crippen LogP contribution in [0.5, 0.6) is 0 Å². The number of nitrogens with one attached hydrogen (secondary N) is 1. The molecule has 8 nitrogen and oxygen atoms in total. The number of rotatable bonds is 4. The highest BCUT2D eigenvalue weighted by atomic mass is 19.4. The van der Waals surface area contributed by atoms with E-state index in [0.717, 1.165) is 6.07 Å². The zero-order chi connectivity index (χ0) is 22.9. The summed E-state index contributed by atoms with van der Waals surface area (Å²) in [4.78, 5) is 35.4. The van der Waals surface area contributed by atoms with E-state index in [-0.39, 0.29) is 12.1 Å². The van der Waals surface area contributed by atoms with Crippen LogP contribution in [0.2, 0.25) is 0 Å². The van der Waals surface area contributed by atoms with Gasteiger partial charge in [-0.15, -0.1) is 0 Å². The first-order valence-electron chi connectivity index (χ1n) is 9.40. The van der Waals surface area contributed by atoms with E-state index in [2.05, 4.69) is 5.32 Å². The number of nitrogens with zero attached hydrogens (tertiary/aromatic N) is 2. The highest BCUT2D eigenvalue weighted by Crippen LogP contribution is 2.33. The molecule has 1 aromatic carbocycles. The van der Waals surface area contributed by atoms with Crippen molar-refractivity contribution in [3.63, 3.8) is 0 Å². The molecule has 0 spiro atoms. The molecule has 0 radical (unpaired) electrons. The lowest BCUT2D eigenvalue weighted by atomic mass is 9.88. The number of nitro benzene ring substituents is 1. The molecule has 1 aliphatic rings. The molecule has 1 saturated carbocycles. The van der Waals surface area contributed by atoms with Crippen molar-refractivity contribution in [3.8, 4) is 0 Å². The number of carboxylic acid groups (broad SMARTS) is 1. The van der Waals surface area contributed by atoms with E-state index < -0.39 is 45.5 Å². The van der Waals surface area contributed by atoms with Gasteiger partial charge in [0, 0.05) is 35.3 Å². The summed E-state index contributed by atoms with van der Waals surface area (Å²) in [5.74, 6) is -0.835. The fraction of sp³-hybridized carbons (Fsp3) is 0.579. The predicted octanol–water partition coefficient (Wildman–Crippen LogP) is 4.43. The van der Waals surface area contributed by atoms with Gasteiger partial charge in [0.2, 0.25) is 0 Å². The molecule has 0 bridgehead atoms. The first-order valence-corrected chi connectivity index (χ1v) is 9.40. The van der Waals surface area contributed by atoms with Crippen molar-refractivity contribution in [1.82, 2.24) is 10.2 Å². The number of hydrogen-bond acceptors (Lipinski definition) is 4. The van der Waals surface area contributed by atoms with E-state index in [0.29, 0.717) is 37.8 Å². The van der Waals surface area contributed by atoms with Crippen LogP contribution in [0.1, 0.15) is 62.4 Å². The molecule has 2 amide bonds. The Balaban J connectivity index is 2.10. The van der Waals surface area contributed by atoms with Crippen LogP contribution in [0.15, 0.2) is 18.2 Å². The van der Waals surface area contributed by atoms with Gasteiger partial charge in [-0.2, -0.15) is 13.2 Å². The molecule has 30 heavy (non-hydrogen) atoms. The largest absolute Gasteiger partial charge is 0.465 e. The molecule has 0 aromatic heterocycles. The Hall–Kier alpha value is -2.85. The summed E-state index contributed by atoms with van der Waals surface area (Å²) < 4.78 is 39.0. The van der Waals surface area contributed by atoms with E-state index in [1.807, 2.05) is 0 Å². The average molecular weight is 431 g/mol. The molecular formula is C19H24F3N3O5. The molecule has 166 valence electrons. The second-order valence-electron chi connectivity index (χ2n) is 8.33. The van der Waals surface area contributed by atoms with Crippen molar-refractivity contribution in [2.24, 2.45) is 0 Å². The maximum Gasteiger partial charge on any atom is 0.416 e. The molecular weight excluding hydrogens is 407 g/mol. The molecule has 0 unspecified atom stereocenters. The Morgan fingerprint density at radius 3 is 2.13 bits per heavy atom. The van der Waals surface area contributed by atoms with Crippen LogP contribution < -0.4 is 5.32 Å². The van der Waals surface area contributed by atoms with Gasteiger partial charge in [-0.25, -0.2) is 4.79 Å². The van der Waals surface area contributed by atoms with Crippen LogP contribution >= 0.6 is 0 Å². The summed E-state index contributed by atoms with van der Waals surface area (Å²) in [5.41, 5.74) is -3.13. The van der Waals surface area contributed by atoms with Crippen LogP contribution in [0.4, 0.5) is 23.7 Å². The number of halogens is 3. The topological polar surface area (TPSA) is 113 Å². The third kappa shape index (κ3) is 5.61. The maximum atomic E-state index is 13.0. The van der Waals surface area contributed by atoms with Gasteiger partial charge in [-0.1, -0.05) is 0 Å². The number of carbonyl (C=O) groups is 2. The summed E-state index contributed by atoms with van der Waals surface area (Å²) >= 11 is 0. The lowest BCUT2D eigenvalue weighted by Gasteiger charge is -2.42. The van der Waals surface area contributed by atoms with Gasteiger partial charge in [0.05, 0.1) is 10.5 Å². The van der Waals surface area contributed by atoms with Gasteiger partial charge in [0.1, 0.15) is 0 Å². The third-order valence-electron chi connectivity index (χ3n) is 5.04. The minimum atomic E-state index is -4.83. The van der Waals surface area contributed by atoms with E-state index in [1.165, 1.54) is 4.90 Å². The van der Waals surface area contributed by atoms with E-state index >= 15 is 0 Å². The monoisotopic (exact) mass is 431 g/mol. The van der Waals surface area contributed by atoms with Crippen molar-refractivity contribution in [2.75, 3.05) is 0 Å². The van der Waals surface area contributed by atoms with Crippen LogP contribution in [0, 0.1) is 10.1 Å². The molecule has 0 atom stereocenters. The normalized spacial score (nSPS) is 19.8. The molecule has 2 N–H and O–H groups in total. The predicted molar refractivity (Wildman–Crippen MR) is 101 cm³/mol. The summed E-state index contributed by atoms with van der Waals surface area (Å²) in [5, 5.41) is 23.0. The molecule has 1 aromatic rings. The van der Waals surface area contributed by atoms with Crippen LogP contribution in [0.3, 0.4) is 0 Å². The first kappa shape index (κ1) is 23.4. The molecule has 2 rings (SSSR count). The lowest BCUT2D eigenvalue weighted by molar-refractivity contribution is -0.385. The molecule has 11 heteroatoms. The molecule has 1 fully saturated rings. The Kier molecular flexibility index (Phi) is 6.63.